The average Bonchev–Trinajstić information content (AvgIpc) is 3.25. The highest BCUT2D eigenvalue weighted by Crippen LogP contribution is 2.42. The molecule has 3 rings (SSSR count). The van der Waals surface area contributed by atoms with Crippen LogP contribution < -0.4 is 5.73 Å². The highest BCUT2D eigenvalue weighted by atomic mass is 16.5. The molecule has 0 bridgehead atoms. The van der Waals surface area contributed by atoms with E-state index in [4.69, 9.17) is 15.5 Å². The van der Waals surface area contributed by atoms with E-state index in [1.807, 2.05) is 0 Å². The first-order valence-corrected chi connectivity index (χ1v) is 7.39. The van der Waals surface area contributed by atoms with Crippen molar-refractivity contribution >= 4 is 11.0 Å². The molecule has 4 nitrogen and oxygen atoms in total. The summed E-state index contributed by atoms with van der Waals surface area (Å²) in [5.74, 6) is 1.05. The molecule has 108 valence electrons. The molecule has 1 fully saturated rings. The quantitative estimate of drug-likeness (QED) is 0.910. The number of nitrogens with zero attached hydrogens (tertiary/aromatic N) is 2. The SMILES string of the molecule is CCC(C)(OC)c1nc2cc(CN)ccc2n1C1CC1. The van der Waals surface area contributed by atoms with Gasteiger partial charge in [-0.1, -0.05) is 13.0 Å². The van der Waals surface area contributed by atoms with Crippen molar-refractivity contribution in [2.75, 3.05) is 7.11 Å². The minimum absolute atomic E-state index is 0.329. The smallest absolute Gasteiger partial charge is 0.142 e. The molecule has 1 aromatic carbocycles. The maximum atomic E-state index is 5.77. The van der Waals surface area contributed by atoms with Gasteiger partial charge in [-0.15, -0.1) is 0 Å². The van der Waals surface area contributed by atoms with Crippen LogP contribution in [0.15, 0.2) is 18.2 Å². The van der Waals surface area contributed by atoms with Crippen molar-refractivity contribution in [3.8, 4) is 0 Å². The van der Waals surface area contributed by atoms with Crippen molar-refractivity contribution < 1.29 is 4.74 Å². The number of aromatic nitrogens is 2. The van der Waals surface area contributed by atoms with Crippen LogP contribution in [-0.4, -0.2) is 16.7 Å². The predicted octanol–water partition coefficient (Wildman–Crippen LogP) is 3.10. The first-order valence-electron chi connectivity index (χ1n) is 7.39. The fraction of sp³-hybridized carbons (Fsp3) is 0.562. The van der Waals surface area contributed by atoms with Gasteiger partial charge in [-0.3, -0.25) is 0 Å². The monoisotopic (exact) mass is 273 g/mol. The van der Waals surface area contributed by atoms with Crippen LogP contribution in [-0.2, 0) is 16.9 Å². The number of rotatable bonds is 5. The largest absolute Gasteiger partial charge is 0.371 e. The van der Waals surface area contributed by atoms with Gasteiger partial charge in [0, 0.05) is 19.7 Å². The molecule has 0 saturated heterocycles. The van der Waals surface area contributed by atoms with Crippen LogP contribution in [0.1, 0.15) is 50.5 Å². The third-order valence-electron chi connectivity index (χ3n) is 4.50. The minimum atomic E-state index is -0.329. The fourth-order valence-corrected chi connectivity index (χ4v) is 2.74. The molecule has 4 heteroatoms. The number of ether oxygens (including phenoxy) is 1. The van der Waals surface area contributed by atoms with Crippen LogP contribution in [0.3, 0.4) is 0 Å². The van der Waals surface area contributed by atoms with Gasteiger partial charge in [-0.25, -0.2) is 4.98 Å². The lowest BCUT2D eigenvalue weighted by Gasteiger charge is -2.27. The van der Waals surface area contributed by atoms with Crippen LogP contribution >= 0.6 is 0 Å². The molecule has 1 saturated carbocycles. The van der Waals surface area contributed by atoms with Crippen molar-refractivity contribution in [1.29, 1.82) is 0 Å². The molecular formula is C16H23N3O. The van der Waals surface area contributed by atoms with Gasteiger partial charge in [0.2, 0.25) is 0 Å². The Hall–Kier alpha value is -1.39. The predicted molar refractivity (Wildman–Crippen MR) is 80.5 cm³/mol. The summed E-state index contributed by atoms with van der Waals surface area (Å²) >= 11 is 0. The van der Waals surface area contributed by atoms with Gasteiger partial charge in [0.15, 0.2) is 0 Å². The van der Waals surface area contributed by atoms with E-state index in [2.05, 4.69) is 36.6 Å². The summed E-state index contributed by atoms with van der Waals surface area (Å²) in [6.07, 6.45) is 3.38. The molecule has 0 spiro atoms. The standard InChI is InChI=1S/C16H23N3O/c1-4-16(2,20-3)15-18-13-9-11(10-17)5-8-14(13)19(15)12-6-7-12/h5,8-9,12H,4,6-7,10,17H2,1-3H3. The summed E-state index contributed by atoms with van der Waals surface area (Å²) in [7, 11) is 1.77. The van der Waals surface area contributed by atoms with E-state index in [1.165, 1.54) is 18.4 Å². The lowest BCUT2D eigenvalue weighted by molar-refractivity contribution is -0.0114. The zero-order valence-corrected chi connectivity index (χ0v) is 12.5. The maximum Gasteiger partial charge on any atom is 0.142 e. The second-order valence-electron chi connectivity index (χ2n) is 5.85. The Kier molecular flexibility index (Phi) is 3.30. The second-order valence-corrected chi connectivity index (χ2v) is 5.85. The van der Waals surface area contributed by atoms with Crippen molar-refractivity contribution in [3.05, 3.63) is 29.6 Å². The number of hydrogen-bond donors (Lipinski definition) is 1. The Morgan fingerprint density at radius 1 is 1.45 bits per heavy atom. The molecule has 0 aliphatic heterocycles. The lowest BCUT2D eigenvalue weighted by Crippen LogP contribution is -2.27. The topological polar surface area (TPSA) is 53.1 Å². The first-order chi connectivity index (χ1) is 9.62. The van der Waals surface area contributed by atoms with Gasteiger partial charge in [0.25, 0.3) is 0 Å². The van der Waals surface area contributed by atoms with Crippen LogP contribution in [0.4, 0.5) is 0 Å². The number of imidazole rings is 1. The summed E-state index contributed by atoms with van der Waals surface area (Å²) in [6.45, 7) is 4.82. The van der Waals surface area contributed by atoms with Crippen molar-refractivity contribution in [3.63, 3.8) is 0 Å². The zero-order chi connectivity index (χ0) is 14.3. The normalized spacial score (nSPS) is 18.4. The van der Waals surface area contributed by atoms with E-state index in [-0.39, 0.29) is 5.60 Å². The van der Waals surface area contributed by atoms with Gasteiger partial charge in [-0.2, -0.15) is 0 Å². The van der Waals surface area contributed by atoms with Crippen LogP contribution in [0.2, 0.25) is 0 Å². The number of benzene rings is 1. The van der Waals surface area contributed by atoms with Gasteiger partial charge < -0.3 is 15.0 Å². The summed E-state index contributed by atoms with van der Waals surface area (Å²) in [6, 6.07) is 6.93. The molecule has 0 amide bonds. The second kappa shape index (κ2) is 4.86. The summed E-state index contributed by atoms with van der Waals surface area (Å²) in [5.41, 5.74) is 8.77. The minimum Gasteiger partial charge on any atom is -0.371 e. The van der Waals surface area contributed by atoms with E-state index in [1.54, 1.807) is 7.11 Å². The molecule has 0 radical (unpaired) electrons. The average molecular weight is 273 g/mol. The number of fused-ring (bicyclic) bond motifs is 1. The molecule has 1 unspecified atom stereocenters. The third kappa shape index (κ3) is 2.03. The Morgan fingerprint density at radius 3 is 2.75 bits per heavy atom. The van der Waals surface area contributed by atoms with Crippen molar-refractivity contribution in [1.82, 2.24) is 9.55 Å². The van der Waals surface area contributed by atoms with E-state index < -0.39 is 0 Å². The van der Waals surface area contributed by atoms with E-state index in [0.717, 1.165) is 23.3 Å². The summed E-state index contributed by atoms with van der Waals surface area (Å²) in [4.78, 5) is 4.88. The van der Waals surface area contributed by atoms with Gasteiger partial charge in [0.05, 0.1) is 11.0 Å². The van der Waals surface area contributed by atoms with Crippen molar-refractivity contribution in [2.45, 2.75) is 51.3 Å². The lowest BCUT2D eigenvalue weighted by atomic mass is 10.0. The summed E-state index contributed by atoms with van der Waals surface area (Å²) < 4.78 is 8.15. The van der Waals surface area contributed by atoms with Crippen LogP contribution in [0.25, 0.3) is 11.0 Å². The van der Waals surface area contributed by atoms with Crippen molar-refractivity contribution in [2.24, 2.45) is 5.73 Å². The zero-order valence-electron chi connectivity index (χ0n) is 12.5. The van der Waals surface area contributed by atoms with Gasteiger partial charge in [0.1, 0.15) is 11.4 Å². The molecule has 1 heterocycles. The Morgan fingerprint density at radius 2 is 2.20 bits per heavy atom. The van der Waals surface area contributed by atoms with E-state index >= 15 is 0 Å². The highest BCUT2D eigenvalue weighted by Gasteiger charge is 2.36. The molecule has 2 N–H and O–H groups in total. The van der Waals surface area contributed by atoms with E-state index in [0.29, 0.717) is 12.6 Å². The Balaban J connectivity index is 2.22. The molecule has 20 heavy (non-hydrogen) atoms. The molecule has 1 atom stereocenters. The fourth-order valence-electron chi connectivity index (χ4n) is 2.74. The molecule has 1 aliphatic rings. The van der Waals surface area contributed by atoms with E-state index in [9.17, 15) is 0 Å². The highest BCUT2D eigenvalue weighted by molar-refractivity contribution is 5.77. The van der Waals surface area contributed by atoms with Gasteiger partial charge in [-0.05, 0) is 43.9 Å². The number of nitrogens with two attached hydrogens (primary N) is 1. The van der Waals surface area contributed by atoms with Crippen LogP contribution in [0, 0.1) is 0 Å². The molecule has 2 aromatic rings. The van der Waals surface area contributed by atoms with Crippen LogP contribution in [0.5, 0.6) is 0 Å². The number of methoxy groups -OCH3 is 1. The number of hydrogen-bond acceptors (Lipinski definition) is 3. The third-order valence-corrected chi connectivity index (χ3v) is 4.50. The maximum absolute atomic E-state index is 5.77. The first kappa shape index (κ1) is 13.6. The molecular weight excluding hydrogens is 250 g/mol. The Bertz CT molecular complexity index is 624. The summed E-state index contributed by atoms with van der Waals surface area (Å²) in [5, 5.41) is 0. The molecule has 1 aliphatic carbocycles. The Labute approximate surface area is 119 Å². The molecule has 1 aromatic heterocycles. The van der Waals surface area contributed by atoms with Gasteiger partial charge >= 0.3 is 0 Å².